The van der Waals surface area contributed by atoms with Crippen LogP contribution in [0.4, 0.5) is 0 Å². The lowest BCUT2D eigenvalue weighted by Crippen LogP contribution is -2.18. The zero-order valence-electron chi connectivity index (χ0n) is 10.0. The summed E-state index contributed by atoms with van der Waals surface area (Å²) in [5.74, 6) is 1.27. The molecule has 3 aliphatic carbocycles. The normalized spacial score (nSPS) is 50.2. The van der Waals surface area contributed by atoms with E-state index in [-0.39, 0.29) is 5.41 Å². The minimum absolute atomic E-state index is 0.0753. The van der Waals surface area contributed by atoms with Crippen LogP contribution in [0.25, 0.3) is 0 Å². The van der Waals surface area contributed by atoms with Crippen molar-refractivity contribution in [2.45, 2.75) is 50.6 Å². The molecule has 4 rings (SSSR count). The molecule has 2 bridgehead atoms. The van der Waals surface area contributed by atoms with Crippen LogP contribution in [0.2, 0.25) is 0 Å². The van der Waals surface area contributed by atoms with E-state index in [1.165, 1.54) is 37.5 Å². The van der Waals surface area contributed by atoms with Crippen LogP contribution in [-0.4, -0.2) is 18.4 Å². The smallest absolute Gasteiger partial charge is 0.126 e. The number of rotatable bonds is 2. The third-order valence-electron chi connectivity index (χ3n) is 5.34. The first-order valence-electron chi connectivity index (χ1n) is 6.90. The first-order chi connectivity index (χ1) is 8.32. The van der Waals surface area contributed by atoms with Crippen molar-refractivity contribution in [3.05, 3.63) is 11.6 Å². The summed E-state index contributed by atoms with van der Waals surface area (Å²) in [5, 5.41) is 8.63. The standard InChI is InChI=1S/C14H18N2O/c17-8-14-5-1-2-9(11(14)7-14)6-10-12-3-4-13(10)16-15-12/h6,8-9,11-13H,1-5,7H2. The van der Waals surface area contributed by atoms with Crippen LogP contribution >= 0.6 is 0 Å². The minimum Gasteiger partial charge on any atom is -0.303 e. The highest BCUT2D eigenvalue weighted by atomic mass is 16.1. The third-order valence-corrected chi connectivity index (χ3v) is 5.34. The van der Waals surface area contributed by atoms with Crippen LogP contribution in [0.15, 0.2) is 21.9 Å². The molecule has 0 aromatic carbocycles. The number of allylic oxidation sites excluding steroid dienone is 1. The second-order valence-electron chi connectivity index (χ2n) is 6.22. The van der Waals surface area contributed by atoms with Gasteiger partial charge in [-0.15, -0.1) is 0 Å². The van der Waals surface area contributed by atoms with Crippen molar-refractivity contribution in [2.75, 3.05) is 0 Å². The number of hydrogen-bond acceptors (Lipinski definition) is 3. The van der Waals surface area contributed by atoms with Crippen LogP contribution in [0.3, 0.4) is 0 Å². The van der Waals surface area contributed by atoms with Crippen LogP contribution in [0.5, 0.6) is 0 Å². The van der Waals surface area contributed by atoms with E-state index in [9.17, 15) is 4.79 Å². The number of fused-ring (bicyclic) bond motifs is 3. The highest BCUT2D eigenvalue weighted by molar-refractivity contribution is 5.65. The van der Waals surface area contributed by atoms with Crippen molar-refractivity contribution >= 4 is 6.29 Å². The summed E-state index contributed by atoms with van der Waals surface area (Å²) < 4.78 is 0. The Morgan fingerprint density at radius 1 is 1.18 bits per heavy atom. The van der Waals surface area contributed by atoms with E-state index in [0.29, 0.717) is 23.9 Å². The fourth-order valence-corrected chi connectivity index (χ4v) is 4.23. The first kappa shape index (κ1) is 9.98. The Hall–Kier alpha value is -0.990. The molecule has 90 valence electrons. The lowest BCUT2D eigenvalue weighted by Gasteiger charge is -2.23. The molecule has 0 radical (unpaired) electrons. The monoisotopic (exact) mass is 230 g/mol. The van der Waals surface area contributed by atoms with Gasteiger partial charge in [-0.3, -0.25) is 0 Å². The maximum absolute atomic E-state index is 11.2. The van der Waals surface area contributed by atoms with Crippen molar-refractivity contribution in [2.24, 2.45) is 27.5 Å². The Labute approximate surface area is 101 Å². The van der Waals surface area contributed by atoms with E-state index in [1.54, 1.807) is 0 Å². The molecule has 3 fully saturated rings. The highest BCUT2D eigenvalue weighted by Gasteiger charge is 2.58. The van der Waals surface area contributed by atoms with Gasteiger partial charge in [-0.05, 0) is 49.5 Å². The second-order valence-corrected chi connectivity index (χ2v) is 6.22. The maximum atomic E-state index is 11.2. The van der Waals surface area contributed by atoms with Crippen molar-refractivity contribution in [3.8, 4) is 0 Å². The molecule has 17 heavy (non-hydrogen) atoms. The summed E-state index contributed by atoms with van der Waals surface area (Å²) >= 11 is 0. The molecule has 3 heteroatoms. The molecule has 0 amide bonds. The molecule has 0 aromatic rings. The lowest BCUT2D eigenvalue weighted by molar-refractivity contribution is -0.113. The maximum Gasteiger partial charge on any atom is 0.126 e. The summed E-state index contributed by atoms with van der Waals surface area (Å²) in [7, 11) is 0. The Morgan fingerprint density at radius 3 is 2.59 bits per heavy atom. The molecule has 0 spiro atoms. The molecule has 1 heterocycles. The quantitative estimate of drug-likeness (QED) is 0.531. The Bertz CT molecular complexity index is 412. The molecular weight excluding hydrogens is 212 g/mol. The molecule has 0 saturated heterocycles. The van der Waals surface area contributed by atoms with Gasteiger partial charge in [0.25, 0.3) is 0 Å². The van der Waals surface area contributed by atoms with E-state index in [1.807, 2.05) is 0 Å². The van der Waals surface area contributed by atoms with Crippen LogP contribution in [0.1, 0.15) is 38.5 Å². The summed E-state index contributed by atoms with van der Waals surface area (Å²) in [6.45, 7) is 0. The van der Waals surface area contributed by atoms with Gasteiger partial charge in [0, 0.05) is 5.41 Å². The van der Waals surface area contributed by atoms with Crippen molar-refractivity contribution in [1.29, 1.82) is 0 Å². The summed E-state index contributed by atoms with van der Waals surface area (Å²) in [6.07, 6.45) is 10.8. The van der Waals surface area contributed by atoms with Gasteiger partial charge in [0.2, 0.25) is 0 Å². The zero-order valence-corrected chi connectivity index (χ0v) is 10.0. The molecule has 0 aromatic heterocycles. The first-order valence-corrected chi connectivity index (χ1v) is 6.90. The predicted molar refractivity (Wildman–Crippen MR) is 63.7 cm³/mol. The van der Waals surface area contributed by atoms with Crippen LogP contribution in [0, 0.1) is 17.3 Å². The molecule has 4 aliphatic rings. The number of hydrogen-bond donors (Lipinski definition) is 0. The van der Waals surface area contributed by atoms with Gasteiger partial charge in [-0.1, -0.05) is 12.5 Å². The molecule has 0 N–H and O–H groups in total. The van der Waals surface area contributed by atoms with E-state index in [4.69, 9.17) is 0 Å². The van der Waals surface area contributed by atoms with Crippen LogP contribution < -0.4 is 0 Å². The third kappa shape index (κ3) is 1.31. The van der Waals surface area contributed by atoms with Gasteiger partial charge in [0.1, 0.15) is 6.29 Å². The van der Waals surface area contributed by atoms with Gasteiger partial charge in [-0.25, -0.2) is 0 Å². The van der Waals surface area contributed by atoms with Gasteiger partial charge < -0.3 is 4.79 Å². The van der Waals surface area contributed by atoms with E-state index in [2.05, 4.69) is 16.3 Å². The average Bonchev–Trinajstić information content (AvgIpc) is 2.89. The summed E-state index contributed by atoms with van der Waals surface area (Å²) in [6, 6.07) is 0.789. The molecular formula is C14H18N2O. The molecule has 1 aliphatic heterocycles. The van der Waals surface area contributed by atoms with Gasteiger partial charge in [0.05, 0.1) is 12.1 Å². The van der Waals surface area contributed by atoms with E-state index in [0.717, 1.165) is 12.8 Å². The fourth-order valence-electron chi connectivity index (χ4n) is 4.23. The average molecular weight is 230 g/mol. The molecule has 5 atom stereocenters. The van der Waals surface area contributed by atoms with Crippen molar-refractivity contribution in [3.63, 3.8) is 0 Å². The van der Waals surface area contributed by atoms with Gasteiger partial charge in [-0.2, -0.15) is 10.2 Å². The summed E-state index contributed by atoms with van der Waals surface area (Å²) in [4.78, 5) is 11.2. The number of carbonyl (C=O) groups is 1. The number of carbonyl (C=O) groups excluding carboxylic acids is 1. The molecule has 3 saturated carbocycles. The van der Waals surface area contributed by atoms with Crippen LogP contribution in [-0.2, 0) is 4.79 Å². The topological polar surface area (TPSA) is 41.8 Å². The second kappa shape index (κ2) is 3.27. The SMILES string of the molecule is O=CC12CCCC(C=C3C4CCC3N=N4)C1C2. The van der Waals surface area contributed by atoms with E-state index >= 15 is 0 Å². The number of azo groups is 1. The van der Waals surface area contributed by atoms with E-state index < -0.39 is 0 Å². The Balaban J connectivity index is 1.57. The molecule has 3 nitrogen and oxygen atoms in total. The minimum atomic E-state index is 0.0753. The zero-order chi connectivity index (χ0) is 11.5. The van der Waals surface area contributed by atoms with Crippen molar-refractivity contribution < 1.29 is 4.79 Å². The highest BCUT2D eigenvalue weighted by Crippen LogP contribution is 2.63. The molecule has 5 unspecified atom stereocenters. The Morgan fingerprint density at radius 2 is 1.94 bits per heavy atom. The predicted octanol–water partition coefficient (Wildman–Crippen LogP) is 2.91. The Kier molecular flexibility index (Phi) is 1.92. The van der Waals surface area contributed by atoms with Gasteiger partial charge >= 0.3 is 0 Å². The lowest BCUT2D eigenvalue weighted by atomic mass is 9.81. The number of nitrogens with zero attached hydrogens (tertiary/aromatic N) is 2. The number of aldehydes is 1. The van der Waals surface area contributed by atoms with Crippen molar-refractivity contribution in [1.82, 2.24) is 0 Å². The summed E-state index contributed by atoms with van der Waals surface area (Å²) in [5.41, 5.74) is 1.55. The fraction of sp³-hybridized carbons (Fsp3) is 0.786. The van der Waals surface area contributed by atoms with Gasteiger partial charge in [0.15, 0.2) is 0 Å². The largest absolute Gasteiger partial charge is 0.303 e.